The maximum absolute atomic E-state index is 13.2. The molecule has 1 N–H and O–H groups in total. The number of benzene rings is 2. The molecule has 2 aliphatic rings. The summed E-state index contributed by atoms with van der Waals surface area (Å²) in [6.45, 7) is 3.65. The second-order valence-corrected chi connectivity index (χ2v) is 7.50. The van der Waals surface area contributed by atoms with Crippen LogP contribution in [0.5, 0.6) is 11.5 Å². The zero-order chi connectivity index (χ0) is 21.4. The number of nitrogens with zero attached hydrogens (tertiary/aromatic N) is 1. The minimum Gasteiger partial charge on any atom is -0.482 e. The van der Waals surface area contributed by atoms with Gasteiger partial charge in [0.25, 0.3) is 11.8 Å². The molecule has 3 aromatic rings. The summed E-state index contributed by atoms with van der Waals surface area (Å²) in [5.74, 6) is 0.498. The lowest BCUT2D eigenvalue weighted by atomic mass is 10.1. The standard InChI is InChI=1S/C23H22N2O6/c1-14-20(31-18-9-5-4-8-17(18)29-14)22(26)24-19-15-6-2-3-7-16(15)30-21(19)23(27)25-10-12-28-13-11-25/h2-9,14,20H,10-13H2,1H3,(H,24,26)/t14-,20+/m1/s1. The normalized spacial score (nSPS) is 20.5. The molecule has 2 aromatic carbocycles. The number of rotatable bonds is 3. The SMILES string of the molecule is C[C@H]1Oc2ccccc2O[C@@H]1C(=O)Nc1c(C(=O)N2CCOCC2)oc2ccccc12. The van der Waals surface area contributed by atoms with Crippen molar-refractivity contribution < 1.29 is 28.2 Å². The Balaban J connectivity index is 1.45. The van der Waals surface area contributed by atoms with Gasteiger partial charge in [0.1, 0.15) is 17.4 Å². The van der Waals surface area contributed by atoms with Crippen molar-refractivity contribution in [1.29, 1.82) is 0 Å². The van der Waals surface area contributed by atoms with Gasteiger partial charge in [-0.3, -0.25) is 9.59 Å². The first-order chi connectivity index (χ1) is 15.1. The molecule has 8 heteroatoms. The van der Waals surface area contributed by atoms with Gasteiger partial charge >= 0.3 is 0 Å². The van der Waals surface area contributed by atoms with Crippen LogP contribution in [0.1, 0.15) is 17.5 Å². The van der Waals surface area contributed by atoms with E-state index in [-0.39, 0.29) is 11.7 Å². The molecule has 0 saturated carbocycles. The predicted molar refractivity (Wildman–Crippen MR) is 113 cm³/mol. The van der Waals surface area contributed by atoms with Gasteiger partial charge in [0.05, 0.1) is 13.2 Å². The quantitative estimate of drug-likeness (QED) is 0.698. The van der Waals surface area contributed by atoms with Gasteiger partial charge < -0.3 is 28.8 Å². The molecule has 1 aromatic heterocycles. The van der Waals surface area contributed by atoms with Crippen LogP contribution >= 0.6 is 0 Å². The van der Waals surface area contributed by atoms with Gasteiger partial charge in [-0.15, -0.1) is 0 Å². The minimum absolute atomic E-state index is 0.0984. The Morgan fingerprint density at radius 2 is 1.65 bits per heavy atom. The maximum Gasteiger partial charge on any atom is 0.291 e. The molecular weight excluding hydrogens is 400 g/mol. The van der Waals surface area contributed by atoms with E-state index in [4.69, 9.17) is 18.6 Å². The third-order valence-corrected chi connectivity index (χ3v) is 5.44. The number of carbonyl (C=O) groups is 2. The van der Waals surface area contributed by atoms with Crippen LogP contribution in [0.15, 0.2) is 52.9 Å². The van der Waals surface area contributed by atoms with E-state index in [9.17, 15) is 9.59 Å². The summed E-state index contributed by atoms with van der Waals surface area (Å²) in [4.78, 5) is 28.0. The van der Waals surface area contributed by atoms with Crippen LogP contribution in [0, 0.1) is 0 Å². The molecular formula is C23H22N2O6. The van der Waals surface area contributed by atoms with Crippen molar-refractivity contribution >= 4 is 28.5 Å². The number of morpholine rings is 1. The second-order valence-electron chi connectivity index (χ2n) is 7.50. The monoisotopic (exact) mass is 422 g/mol. The average Bonchev–Trinajstić information content (AvgIpc) is 3.17. The van der Waals surface area contributed by atoms with Gasteiger partial charge in [-0.25, -0.2) is 0 Å². The van der Waals surface area contributed by atoms with Crippen molar-refractivity contribution in [3.63, 3.8) is 0 Å². The largest absolute Gasteiger partial charge is 0.482 e. The van der Waals surface area contributed by atoms with E-state index in [0.29, 0.717) is 54.5 Å². The van der Waals surface area contributed by atoms with Gasteiger partial charge in [0, 0.05) is 18.5 Å². The van der Waals surface area contributed by atoms with E-state index < -0.39 is 18.1 Å². The Hall–Kier alpha value is -3.52. The number of para-hydroxylation sites is 3. The van der Waals surface area contributed by atoms with Gasteiger partial charge in [-0.1, -0.05) is 24.3 Å². The van der Waals surface area contributed by atoms with E-state index in [0.717, 1.165) is 0 Å². The molecule has 5 rings (SSSR count). The molecule has 0 radical (unpaired) electrons. The van der Waals surface area contributed by atoms with Crippen molar-refractivity contribution in [2.45, 2.75) is 19.1 Å². The first kappa shape index (κ1) is 19.4. The van der Waals surface area contributed by atoms with E-state index in [2.05, 4.69) is 5.32 Å². The second kappa shape index (κ2) is 7.96. The van der Waals surface area contributed by atoms with E-state index in [1.807, 2.05) is 30.3 Å². The van der Waals surface area contributed by atoms with Crippen molar-refractivity contribution in [3.8, 4) is 11.5 Å². The zero-order valence-electron chi connectivity index (χ0n) is 17.0. The molecule has 0 bridgehead atoms. The summed E-state index contributed by atoms with van der Waals surface area (Å²) in [6, 6.07) is 14.4. The fourth-order valence-corrected chi connectivity index (χ4v) is 3.83. The van der Waals surface area contributed by atoms with E-state index >= 15 is 0 Å². The Morgan fingerprint density at radius 1 is 0.968 bits per heavy atom. The van der Waals surface area contributed by atoms with Crippen LogP contribution < -0.4 is 14.8 Å². The highest BCUT2D eigenvalue weighted by Crippen LogP contribution is 2.35. The van der Waals surface area contributed by atoms with Crippen molar-refractivity contribution in [1.82, 2.24) is 4.90 Å². The molecule has 3 heterocycles. The number of furan rings is 1. The summed E-state index contributed by atoms with van der Waals surface area (Å²) in [5.41, 5.74) is 0.861. The number of amides is 2. The van der Waals surface area contributed by atoms with E-state index in [1.165, 1.54) is 0 Å². The summed E-state index contributed by atoms with van der Waals surface area (Å²) < 4.78 is 23.0. The van der Waals surface area contributed by atoms with Crippen LogP contribution in [-0.4, -0.2) is 55.2 Å². The number of nitrogens with one attached hydrogen (secondary N) is 1. The van der Waals surface area contributed by atoms with E-state index in [1.54, 1.807) is 30.0 Å². The smallest absolute Gasteiger partial charge is 0.291 e. The number of fused-ring (bicyclic) bond motifs is 2. The number of hydrogen-bond acceptors (Lipinski definition) is 6. The third kappa shape index (κ3) is 3.59. The first-order valence-corrected chi connectivity index (χ1v) is 10.2. The number of anilines is 1. The van der Waals surface area contributed by atoms with Gasteiger partial charge in [0.2, 0.25) is 11.9 Å². The Bertz CT molecular complexity index is 1130. The molecule has 31 heavy (non-hydrogen) atoms. The Morgan fingerprint density at radius 3 is 2.42 bits per heavy atom. The molecule has 0 spiro atoms. The summed E-state index contributed by atoms with van der Waals surface area (Å²) in [7, 11) is 0. The predicted octanol–water partition coefficient (Wildman–Crippen LogP) is 3.07. The average molecular weight is 422 g/mol. The van der Waals surface area contributed by atoms with Crippen molar-refractivity contribution in [2.75, 3.05) is 31.6 Å². The van der Waals surface area contributed by atoms with Crippen LogP contribution in [-0.2, 0) is 9.53 Å². The highest BCUT2D eigenvalue weighted by molar-refractivity contribution is 6.11. The molecule has 0 aliphatic carbocycles. The zero-order valence-corrected chi connectivity index (χ0v) is 17.0. The Labute approximate surface area is 178 Å². The van der Waals surface area contributed by atoms with Crippen LogP contribution in [0.3, 0.4) is 0 Å². The fourth-order valence-electron chi connectivity index (χ4n) is 3.83. The van der Waals surface area contributed by atoms with Gasteiger partial charge in [0.15, 0.2) is 11.5 Å². The van der Waals surface area contributed by atoms with Crippen molar-refractivity contribution in [2.24, 2.45) is 0 Å². The lowest BCUT2D eigenvalue weighted by Crippen LogP contribution is -2.46. The van der Waals surface area contributed by atoms with Crippen LogP contribution in [0.2, 0.25) is 0 Å². The van der Waals surface area contributed by atoms with Gasteiger partial charge in [-0.05, 0) is 31.2 Å². The molecule has 2 amide bonds. The molecule has 1 fully saturated rings. The van der Waals surface area contributed by atoms with Crippen molar-refractivity contribution in [3.05, 3.63) is 54.3 Å². The molecule has 1 saturated heterocycles. The lowest BCUT2D eigenvalue weighted by molar-refractivity contribution is -0.128. The number of carbonyl (C=O) groups excluding carboxylic acids is 2. The first-order valence-electron chi connectivity index (χ1n) is 10.2. The molecule has 160 valence electrons. The fraction of sp³-hybridized carbons (Fsp3) is 0.304. The number of ether oxygens (including phenoxy) is 3. The highest BCUT2D eigenvalue weighted by Gasteiger charge is 2.36. The highest BCUT2D eigenvalue weighted by atomic mass is 16.6. The molecule has 2 aliphatic heterocycles. The van der Waals surface area contributed by atoms with Crippen LogP contribution in [0.25, 0.3) is 11.0 Å². The van der Waals surface area contributed by atoms with Crippen LogP contribution in [0.4, 0.5) is 5.69 Å². The topological polar surface area (TPSA) is 90.2 Å². The number of hydrogen-bond donors (Lipinski definition) is 1. The molecule has 2 atom stereocenters. The molecule has 8 nitrogen and oxygen atoms in total. The van der Waals surface area contributed by atoms with Gasteiger partial charge in [-0.2, -0.15) is 0 Å². The summed E-state index contributed by atoms with van der Waals surface area (Å²) in [6.07, 6.45) is -1.39. The lowest BCUT2D eigenvalue weighted by Gasteiger charge is -2.31. The Kier molecular flexibility index (Phi) is 4.99. The minimum atomic E-state index is -0.880. The summed E-state index contributed by atoms with van der Waals surface area (Å²) in [5, 5.41) is 3.52. The maximum atomic E-state index is 13.2. The summed E-state index contributed by atoms with van der Waals surface area (Å²) >= 11 is 0. The molecule has 0 unspecified atom stereocenters. The third-order valence-electron chi connectivity index (χ3n) is 5.44.